The van der Waals surface area contributed by atoms with Gasteiger partial charge in [0.2, 0.25) is 5.88 Å². The van der Waals surface area contributed by atoms with Gasteiger partial charge in [-0.2, -0.15) is 0 Å². The van der Waals surface area contributed by atoms with E-state index in [1.54, 1.807) is 0 Å². The molecular formula is C15H11NOS. The molecular weight excluding hydrogens is 242 g/mol. The van der Waals surface area contributed by atoms with Gasteiger partial charge in [-0.05, 0) is 11.6 Å². The second-order valence-electron chi connectivity index (χ2n) is 3.98. The lowest BCUT2D eigenvalue weighted by atomic mass is 10.0. The molecule has 0 N–H and O–H groups in total. The molecule has 0 radical (unpaired) electrons. The Morgan fingerprint density at radius 2 is 1.67 bits per heavy atom. The van der Waals surface area contributed by atoms with Crippen molar-refractivity contribution in [2.75, 3.05) is 0 Å². The van der Waals surface area contributed by atoms with Crippen LogP contribution >= 0.6 is 12.9 Å². The average molecular weight is 253 g/mol. The number of rotatable bonds is 2. The summed E-state index contributed by atoms with van der Waals surface area (Å²) >= 11 is 3.79. The highest BCUT2D eigenvalue weighted by molar-refractivity contribution is 7.75. The first-order valence-corrected chi connectivity index (χ1v) is 6.01. The minimum atomic E-state index is 0.509. The largest absolute Gasteiger partial charge is 0.409 e. The van der Waals surface area contributed by atoms with Crippen molar-refractivity contribution in [2.45, 2.75) is 0 Å². The van der Waals surface area contributed by atoms with Gasteiger partial charge < -0.3 is 4.18 Å². The molecule has 0 saturated heterocycles. The Labute approximate surface area is 111 Å². The normalized spacial score (nSPS) is 10.5. The van der Waals surface area contributed by atoms with Crippen molar-refractivity contribution in [3.63, 3.8) is 0 Å². The molecule has 0 saturated carbocycles. The number of benzene rings is 2. The van der Waals surface area contributed by atoms with E-state index in [2.05, 4.69) is 36.1 Å². The molecule has 3 aromatic rings. The first kappa shape index (κ1) is 11.1. The maximum Gasteiger partial charge on any atom is 0.228 e. The molecule has 2 aromatic carbocycles. The molecule has 3 heteroatoms. The summed E-state index contributed by atoms with van der Waals surface area (Å²) in [5, 5.41) is 1.09. The molecule has 0 aliphatic carbocycles. The molecule has 0 fully saturated rings. The molecule has 0 aliphatic heterocycles. The predicted octanol–water partition coefficient (Wildman–Crippen LogP) is 4.13. The summed E-state index contributed by atoms with van der Waals surface area (Å²) in [6.45, 7) is 0. The quantitative estimate of drug-likeness (QED) is 0.548. The number of hydrogen-bond donors (Lipinski definition) is 1. The van der Waals surface area contributed by atoms with E-state index in [9.17, 15) is 0 Å². The first-order valence-electron chi connectivity index (χ1n) is 5.65. The Kier molecular flexibility index (Phi) is 2.90. The average Bonchev–Trinajstić information content (AvgIpc) is 2.47. The van der Waals surface area contributed by atoms with Crippen molar-refractivity contribution in [3.8, 4) is 17.0 Å². The monoisotopic (exact) mass is 253 g/mol. The maximum atomic E-state index is 4.90. The van der Waals surface area contributed by atoms with Gasteiger partial charge in [-0.15, -0.1) is 0 Å². The van der Waals surface area contributed by atoms with E-state index in [4.69, 9.17) is 4.18 Å². The van der Waals surface area contributed by atoms with Crippen molar-refractivity contribution in [1.82, 2.24) is 4.98 Å². The number of aromatic nitrogens is 1. The molecule has 0 unspecified atom stereocenters. The van der Waals surface area contributed by atoms with Crippen LogP contribution in [0.25, 0.3) is 22.0 Å². The lowest BCUT2D eigenvalue weighted by molar-refractivity contribution is 0.632. The Morgan fingerprint density at radius 3 is 2.44 bits per heavy atom. The highest BCUT2D eigenvalue weighted by Gasteiger charge is 2.05. The van der Waals surface area contributed by atoms with Gasteiger partial charge in [0.05, 0.1) is 5.52 Å². The van der Waals surface area contributed by atoms with Crippen molar-refractivity contribution in [2.24, 2.45) is 0 Å². The van der Waals surface area contributed by atoms with Gasteiger partial charge in [0.25, 0.3) is 0 Å². The lowest BCUT2D eigenvalue weighted by Gasteiger charge is -2.07. The molecule has 0 atom stereocenters. The summed E-state index contributed by atoms with van der Waals surface area (Å²) < 4.78 is 4.90. The zero-order chi connectivity index (χ0) is 12.4. The first-order chi connectivity index (χ1) is 8.88. The number of thiol groups is 1. The highest BCUT2D eigenvalue weighted by Crippen LogP contribution is 2.28. The van der Waals surface area contributed by atoms with Crippen molar-refractivity contribution >= 4 is 23.8 Å². The Balaban J connectivity index is 2.29. The predicted molar refractivity (Wildman–Crippen MR) is 76.8 cm³/mol. The van der Waals surface area contributed by atoms with Crippen LogP contribution in [0, 0.1) is 0 Å². The fourth-order valence-corrected chi connectivity index (χ4v) is 2.13. The van der Waals surface area contributed by atoms with E-state index in [1.165, 1.54) is 0 Å². The molecule has 88 valence electrons. The van der Waals surface area contributed by atoms with Crippen molar-refractivity contribution < 1.29 is 4.18 Å². The van der Waals surface area contributed by atoms with Gasteiger partial charge in [-0.1, -0.05) is 48.5 Å². The van der Waals surface area contributed by atoms with Crippen LogP contribution in [0.4, 0.5) is 0 Å². The number of pyridine rings is 1. The van der Waals surface area contributed by atoms with Gasteiger partial charge in [0.15, 0.2) is 0 Å². The van der Waals surface area contributed by atoms with Gasteiger partial charge in [-0.25, -0.2) is 4.98 Å². The van der Waals surface area contributed by atoms with Crippen molar-refractivity contribution in [3.05, 3.63) is 60.7 Å². The van der Waals surface area contributed by atoms with Gasteiger partial charge >= 0.3 is 0 Å². The van der Waals surface area contributed by atoms with Crippen LogP contribution in [0.15, 0.2) is 60.7 Å². The van der Waals surface area contributed by atoms with Gasteiger partial charge in [-0.3, -0.25) is 0 Å². The van der Waals surface area contributed by atoms with E-state index < -0.39 is 0 Å². The Morgan fingerprint density at radius 1 is 0.833 bits per heavy atom. The van der Waals surface area contributed by atoms with Gasteiger partial charge in [0, 0.05) is 29.9 Å². The number of fused-ring (bicyclic) bond motifs is 1. The van der Waals surface area contributed by atoms with E-state index in [0.29, 0.717) is 5.88 Å². The van der Waals surface area contributed by atoms with Crippen molar-refractivity contribution in [1.29, 1.82) is 0 Å². The third-order valence-electron chi connectivity index (χ3n) is 2.87. The fourth-order valence-electron chi connectivity index (χ4n) is 2.03. The van der Waals surface area contributed by atoms with E-state index in [0.717, 1.165) is 22.0 Å². The van der Waals surface area contributed by atoms with Crippen LogP contribution in [0.2, 0.25) is 0 Å². The molecule has 0 bridgehead atoms. The molecule has 1 aromatic heterocycles. The zero-order valence-electron chi connectivity index (χ0n) is 9.58. The molecule has 2 nitrogen and oxygen atoms in total. The van der Waals surface area contributed by atoms with E-state index in [1.807, 2.05) is 42.5 Å². The third kappa shape index (κ3) is 1.93. The fraction of sp³-hybridized carbons (Fsp3) is 0. The molecule has 0 amide bonds. The lowest BCUT2D eigenvalue weighted by Crippen LogP contribution is -1.87. The summed E-state index contributed by atoms with van der Waals surface area (Å²) in [6, 6.07) is 20.1. The number of para-hydroxylation sites is 1. The smallest absolute Gasteiger partial charge is 0.228 e. The second kappa shape index (κ2) is 4.70. The molecule has 1 heterocycles. The standard InChI is InChI=1S/C15H11NOS/c18-17-14-10-9-12-7-4-8-13(15(12)16-14)11-5-2-1-3-6-11/h1-10,18H. The number of hydrogen-bond acceptors (Lipinski definition) is 3. The molecule has 0 aliphatic rings. The highest BCUT2D eigenvalue weighted by atomic mass is 32.1. The topological polar surface area (TPSA) is 22.1 Å². The Bertz CT molecular complexity index is 682. The minimum absolute atomic E-state index is 0.509. The SMILES string of the molecule is SOc1ccc2cccc(-c3ccccc3)c2n1. The molecule has 0 spiro atoms. The van der Waals surface area contributed by atoms with Crippen LogP contribution in [0.1, 0.15) is 0 Å². The second-order valence-corrected chi connectivity index (χ2v) is 4.17. The third-order valence-corrected chi connectivity index (χ3v) is 3.06. The summed E-state index contributed by atoms with van der Waals surface area (Å²) in [5.74, 6) is 0.509. The van der Waals surface area contributed by atoms with E-state index in [-0.39, 0.29) is 0 Å². The van der Waals surface area contributed by atoms with Crippen LogP contribution in [-0.4, -0.2) is 4.98 Å². The Hall–Kier alpha value is -2.00. The summed E-state index contributed by atoms with van der Waals surface area (Å²) in [6.07, 6.45) is 0. The summed E-state index contributed by atoms with van der Waals surface area (Å²) in [7, 11) is 0. The minimum Gasteiger partial charge on any atom is -0.409 e. The zero-order valence-corrected chi connectivity index (χ0v) is 10.5. The summed E-state index contributed by atoms with van der Waals surface area (Å²) in [5.41, 5.74) is 3.17. The summed E-state index contributed by atoms with van der Waals surface area (Å²) in [4.78, 5) is 4.47. The van der Waals surface area contributed by atoms with Crippen LogP contribution < -0.4 is 4.18 Å². The van der Waals surface area contributed by atoms with Gasteiger partial charge in [0.1, 0.15) is 0 Å². The van der Waals surface area contributed by atoms with Crippen LogP contribution in [-0.2, 0) is 0 Å². The molecule has 18 heavy (non-hydrogen) atoms. The molecule has 3 rings (SSSR count). The maximum absolute atomic E-state index is 4.90. The van der Waals surface area contributed by atoms with Crippen LogP contribution in [0.3, 0.4) is 0 Å². The number of nitrogens with zero attached hydrogens (tertiary/aromatic N) is 1. The van der Waals surface area contributed by atoms with Crippen LogP contribution in [0.5, 0.6) is 5.88 Å². The van der Waals surface area contributed by atoms with E-state index >= 15 is 0 Å².